The Balaban J connectivity index is 0. The number of nitrogens with two attached hydrogens (primary N) is 1. The van der Waals surface area contributed by atoms with Gasteiger partial charge >= 0.3 is 0 Å². The highest BCUT2D eigenvalue weighted by Gasteiger charge is 2.06. The normalized spacial score (nSPS) is 15.3. The molecule has 5 heteroatoms. The van der Waals surface area contributed by atoms with Gasteiger partial charge in [-0.05, 0) is 0 Å². The molecule has 0 unspecified atom stereocenters. The molecule has 2 aliphatic rings. The van der Waals surface area contributed by atoms with Crippen LogP contribution >= 0.6 is 0 Å². The lowest BCUT2D eigenvalue weighted by molar-refractivity contribution is -0.597. The number of carbonyl (C=O) groups is 2. The molecule has 4 nitrogen and oxygen atoms in total. The van der Waals surface area contributed by atoms with Gasteiger partial charge in [0.15, 0.2) is 0 Å². The Morgan fingerprint density at radius 1 is 1.07 bits per heavy atom. The Labute approximate surface area is 90.5 Å². The molecule has 2 amide bonds. The van der Waals surface area contributed by atoms with E-state index >= 15 is 0 Å². The van der Waals surface area contributed by atoms with E-state index in [2.05, 4.69) is 0 Å². The van der Waals surface area contributed by atoms with Crippen LogP contribution in [0.4, 0.5) is 0 Å². The zero-order valence-corrected chi connectivity index (χ0v) is 9.30. The van der Waals surface area contributed by atoms with Crippen LogP contribution in [0.1, 0.15) is 19.3 Å². The summed E-state index contributed by atoms with van der Waals surface area (Å²) < 4.78 is 0. The molecule has 0 saturated heterocycles. The average Bonchev–Trinajstić information content (AvgIpc) is 2.86. The van der Waals surface area contributed by atoms with Gasteiger partial charge in [-0.2, -0.15) is 0 Å². The first-order valence-electron chi connectivity index (χ1n) is 4.47. The van der Waals surface area contributed by atoms with E-state index in [0.717, 1.165) is 0 Å². The number of nitrogens with one attached hydrogen (secondary N) is 1. The third-order valence-electron chi connectivity index (χ3n) is 0.986. The number of hydrogen-bond donors (Lipinski definition) is 2. The van der Waals surface area contributed by atoms with Crippen molar-refractivity contribution in [2.45, 2.75) is 19.3 Å². The minimum atomic E-state index is -0.329. The van der Waals surface area contributed by atoms with Crippen LogP contribution in [-0.2, 0) is 9.59 Å². The van der Waals surface area contributed by atoms with Crippen molar-refractivity contribution in [1.29, 1.82) is 0 Å². The van der Waals surface area contributed by atoms with Crippen LogP contribution in [0.25, 0.3) is 0 Å². The monoisotopic (exact) mass is 220 g/mol. The summed E-state index contributed by atoms with van der Waals surface area (Å²) in [7, 11) is 4.00. The van der Waals surface area contributed by atoms with Gasteiger partial charge in [0, 0.05) is 12.2 Å². The highest BCUT2D eigenvalue weighted by molar-refractivity contribution is 6.12. The Hall–Kier alpha value is -0.870. The van der Waals surface area contributed by atoms with Gasteiger partial charge in [0.25, 0.3) is 11.8 Å². The van der Waals surface area contributed by atoms with Crippen molar-refractivity contribution in [2.75, 3.05) is 14.1 Å². The van der Waals surface area contributed by atoms with E-state index in [4.69, 9.17) is 0 Å². The van der Waals surface area contributed by atoms with E-state index in [-0.39, 0.29) is 24.2 Å². The van der Waals surface area contributed by atoms with Gasteiger partial charge < -0.3 is 17.7 Å². The zero-order valence-electron chi connectivity index (χ0n) is 8.55. The minimum absolute atomic E-state index is 0. The Morgan fingerprint density at radius 3 is 1.43 bits per heavy atom. The molecule has 1 saturated carbocycles. The lowest BCUT2D eigenvalue weighted by Gasteiger charge is -1.80. The molecule has 0 atom stereocenters. The van der Waals surface area contributed by atoms with Crippen LogP contribution in [0.2, 0.25) is 0 Å². The molecule has 0 bridgehead atoms. The first-order chi connectivity index (χ1) is 6.20. The fourth-order valence-corrected chi connectivity index (χ4v) is 0.356. The van der Waals surface area contributed by atoms with Crippen LogP contribution in [-0.4, -0.2) is 25.9 Å². The van der Waals surface area contributed by atoms with E-state index in [1.54, 1.807) is 0 Å². The fraction of sp³-hybridized carbons (Fsp3) is 0.556. The molecule has 1 heterocycles. The van der Waals surface area contributed by atoms with Gasteiger partial charge in [-0.25, -0.2) is 0 Å². The van der Waals surface area contributed by atoms with Crippen molar-refractivity contribution in [3.05, 3.63) is 12.2 Å². The molecule has 82 valence electrons. The predicted octanol–water partition coefficient (Wildman–Crippen LogP) is -3.82. The molecule has 14 heavy (non-hydrogen) atoms. The molecule has 1 aliphatic heterocycles. The number of amides is 2. The predicted molar refractivity (Wildman–Crippen MR) is 49.9 cm³/mol. The third kappa shape index (κ3) is 13.7. The lowest BCUT2D eigenvalue weighted by atomic mass is 10.6. The summed E-state index contributed by atoms with van der Waals surface area (Å²) >= 11 is 0. The molecule has 1 fully saturated rings. The van der Waals surface area contributed by atoms with Gasteiger partial charge in [-0.15, -0.1) is 0 Å². The van der Waals surface area contributed by atoms with Crippen molar-refractivity contribution in [1.82, 2.24) is 5.32 Å². The van der Waals surface area contributed by atoms with Crippen LogP contribution in [0.5, 0.6) is 0 Å². The highest BCUT2D eigenvalue weighted by atomic mass is 35.5. The van der Waals surface area contributed by atoms with Crippen molar-refractivity contribution >= 4 is 11.8 Å². The second kappa shape index (κ2) is 10.2. The first-order valence-corrected chi connectivity index (χ1v) is 4.47. The van der Waals surface area contributed by atoms with Crippen LogP contribution in [0.3, 0.4) is 0 Å². The molecule has 3 N–H and O–H groups in total. The minimum Gasteiger partial charge on any atom is -1.00 e. The molecule has 0 aromatic rings. The van der Waals surface area contributed by atoms with Crippen molar-refractivity contribution in [2.24, 2.45) is 0 Å². The second-order valence-corrected chi connectivity index (χ2v) is 2.82. The summed E-state index contributed by atoms with van der Waals surface area (Å²) in [5, 5.41) is 4.03. The maximum absolute atomic E-state index is 10.0. The number of imide groups is 1. The van der Waals surface area contributed by atoms with Gasteiger partial charge in [0.05, 0.1) is 14.1 Å². The largest absolute Gasteiger partial charge is 1.00 e. The Bertz CT molecular complexity index is 184. The van der Waals surface area contributed by atoms with Gasteiger partial charge in [-0.1, -0.05) is 19.3 Å². The quantitative estimate of drug-likeness (QED) is 0.411. The fourth-order valence-electron chi connectivity index (χ4n) is 0.356. The van der Waals surface area contributed by atoms with E-state index < -0.39 is 0 Å². The molecular weight excluding hydrogens is 204 g/mol. The Morgan fingerprint density at radius 2 is 1.36 bits per heavy atom. The summed E-state index contributed by atoms with van der Waals surface area (Å²) in [6.07, 6.45) is 6.89. The number of carbonyl (C=O) groups excluding carboxylic acids is 2. The standard InChI is InChI=1S/C4H3NO2.C3H6.C2H7N.ClH/c6-3-1-2-4(7)5-3;1-2-3-1;1-3-2;/h1-2H,(H,5,6,7);1-3H2;3H,1-2H3;1H. The van der Waals surface area contributed by atoms with Gasteiger partial charge in [0.1, 0.15) is 0 Å². The van der Waals surface area contributed by atoms with E-state index in [9.17, 15) is 9.59 Å². The maximum atomic E-state index is 10.0. The molecule has 1 aliphatic carbocycles. The van der Waals surface area contributed by atoms with Crippen molar-refractivity contribution in [3.63, 3.8) is 0 Å². The lowest BCUT2D eigenvalue weighted by Crippen LogP contribution is -3.00. The first kappa shape index (κ1) is 15.6. The Kier molecular flexibility index (Phi) is 11.4. The second-order valence-electron chi connectivity index (χ2n) is 2.82. The van der Waals surface area contributed by atoms with Crippen molar-refractivity contribution < 1.29 is 27.3 Å². The topological polar surface area (TPSA) is 62.8 Å². The molecule has 2 rings (SSSR count). The number of halogens is 1. The van der Waals surface area contributed by atoms with E-state index in [0.29, 0.717) is 0 Å². The number of rotatable bonds is 0. The smallest absolute Gasteiger partial charge is 0.250 e. The summed E-state index contributed by atoms with van der Waals surface area (Å²) in [6.45, 7) is 0. The summed E-state index contributed by atoms with van der Waals surface area (Å²) in [4.78, 5) is 20.1. The summed E-state index contributed by atoms with van der Waals surface area (Å²) in [6, 6.07) is 0. The molecular formula is C9H17ClN2O2. The molecule has 0 spiro atoms. The highest BCUT2D eigenvalue weighted by Crippen LogP contribution is 2.14. The molecule has 0 aromatic heterocycles. The number of quaternary nitrogens is 1. The van der Waals surface area contributed by atoms with Gasteiger partial charge in [0.2, 0.25) is 0 Å². The van der Waals surface area contributed by atoms with E-state index in [1.165, 1.54) is 31.4 Å². The average molecular weight is 221 g/mol. The van der Waals surface area contributed by atoms with Gasteiger partial charge in [-0.3, -0.25) is 14.9 Å². The van der Waals surface area contributed by atoms with Crippen molar-refractivity contribution in [3.8, 4) is 0 Å². The SMILES string of the molecule is C1CC1.C[NH2+]C.O=C1C=CC(=O)N1.[Cl-]. The van der Waals surface area contributed by atoms with E-state index in [1.807, 2.05) is 24.7 Å². The van der Waals surface area contributed by atoms with Crippen LogP contribution < -0.4 is 23.0 Å². The zero-order chi connectivity index (χ0) is 10.1. The molecule has 0 aromatic carbocycles. The summed E-state index contributed by atoms with van der Waals surface area (Å²) in [5.74, 6) is -0.657. The third-order valence-corrected chi connectivity index (χ3v) is 0.986. The maximum Gasteiger partial charge on any atom is 0.250 e. The summed E-state index contributed by atoms with van der Waals surface area (Å²) in [5.41, 5.74) is 0. The number of hydrogen-bond acceptors (Lipinski definition) is 2. The molecule has 0 radical (unpaired) electrons. The van der Waals surface area contributed by atoms with Crippen LogP contribution in [0.15, 0.2) is 12.2 Å². The van der Waals surface area contributed by atoms with Crippen LogP contribution in [0, 0.1) is 0 Å².